The number of carbonyl (C=O) groups is 1. The first-order valence-corrected chi connectivity index (χ1v) is 8.20. The summed E-state index contributed by atoms with van der Waals surface area (Å²) < 4.78 is 25.1. The van der Waals surface area contributed by atoms with E-state index in [9.17, 15) is 13.2 Å². The zero-order valence-corrected chi connectivity index (χ0v) is 12.6. The highest BCUT2D eigenvalue weighted by atomic mass is 32.2. The van der Waals surface area contributed by atoms with Gasteiger partial charge in [-0.15, -0.1) is 0 Å². The molecule has 0 saturated carbocycles. The minimum absolute atomic E-state index is 0.282. The van der Waals surface area contributed by atoms with Crippen LogP contribution in [-0.2, 0) is 10.0 Å². The molecule has 2 N–H and O–H groups in total. The number of hydrogen-bond acceptors (Lipinski definition) is 3. The van der Waals surface area contributed by atoms with Gasteiger partial charge in [0.2, 0.25) is 10.0 Å². The van der Waals surface area contributed by atoms with Crippen LogP contribution in [0.1, 0.15) is 15.9 Å². The van der Waals surface area contributed by atoms with E-state index >= 15 is 0 Å². The van der Waals surface area contributed by atoms with Gasteiger partial charge >= 0.3 is 0 Å². The Morgan fingerprint density at radius 2 is 1.52 bits per heavy atom. The first-order valence-electron chi connectivity index (χ1n) is 6.30. The van der Waals surface area contributed by atoms with Crippen molar-refractivity contribution >= 4 is 27.3 Å². The van der Waals surface area contributed by atoms with Crippen molar-refractivity contribution in [3.05, 3.63) is 59.7 Å². The fourth-order valence-corrected chi connectivity index (χ4v) is 2.48. The van der Waals surface area contributed by atoms with Crippen LogP contribution in [-0.4, -0.2) is 20.6 Å². The molecule has 0 aliphatic rings. The van der Waals surface area contributed by atoms with Gasteiger partial charge in [0, 0.05) is 5.56 Å². The minimum Gasteiger partial charge on any atom is -0.320 e. The second-order valence-corrected chi connectivity index (χ2v) is 6.44. The molecule has 0 radical (unpaired) electrons. The van der Waals surface area contributed by atoms with E-state index in [-0.39, 0.29) is 5.91 Å². The van der Waals surface area contributed by atoms with Crippen LogP contribution in [0.25, 0.3) is 0 Å². The molecule has 0 atom stereocenters. The molecular weight excluding hydrogens is 288 g/mol. The van der Waals surface area contributed by atoms with Crippen molar-refractivity contribution in [3.8, 4) is 0 Å². The summed E-state index contributed by atoms with van der Waals surface area (Å²) in [6.45, 7) is 1.84. The van der Waals surface area contributed by atoms with E-state index in [1.807, 2.05) is 19.1 Å². The van der Waals surface area contributed by atoms with Gasteiger partial charge in [-0.3, -0.25) is 9.52 Å². The predicted molar refractivity (Wildman–Crippen MR) is 84.0 cm³/mol. The number of benzene rings is 2. The molecule has 0 aliphatic heterocycles. The molecule has 110 valence electrons. The second-order valence-electron chi connectivity index (χ2n) is 4.69. The molecule has 6 heteroatoms. The number of hydrogen-bond donors (Lipinski definition) is 2. The molecule has 0 bridgehead atoms. The average molecular weight is 304 g/mol. The van der Waals surface area contributed by atoms with Gasteiger partial charge < -0.3 is 5.32 Å². The highest BCUT2D eigenvalue weighted by molar-refractivity contribution is 7.92. The van der Waals surface area contributed by atoms with Gasteiger partial charge in [0.05, 0.1) is 17.6 Å². The molecule has 2 rings (SSSR count). The molecule has 0 fully saturated rings. The lowest BCUT2D eigenvalue weighted by molar-refractivity contribution is 0.102. The molecule has 0 heterocycles. The van der Waals surface area contributed by atoms with E-state index in [0.29, 0.717) is 16.9 Å². The van der Waals surface area contributed by atoms with Crippen LogP contribution >= 0.6 is 0 Å². The molecule has 0 saturated heterocycles. The number of rotatable bonds is 4. The molecule has 2 aromatic carbocycles. The second kappa shape index (κ2) is 5.97. The van der Waals surface area contributed by atoms with Crippen LogP contribution in [0.15, 0.2) is 48.5 Å². The van der Waals surface area contributed by atoms with Gasteiger partial charge in [0.1, 0.15) is 0 Å². The van der Waals surface area contributed by atoms with Crippen molar-refractivity contribution in [1.82, 2.24) is 0 Å². The quantitative estimate of drug-likeness (QED) is 0.911. The largest absolute Gasteiger partial charge is 0.320 e. The lowest BCUT2D eigenvalue weighted by Gasteiger charge is -2.12. The third-order valence-electron chi connectivity index (χ3n) is 2.86. The third kappa shape index (κ3) is 4.06. The van der Waals surface area contributed by atoms with Crippen molar-refractivity contribution in [1.29, 1.82) is 0 Å². The van der Waals surface area contributed by atoms with Crippen molar-refractivity contribution in [2.24, 2.45) is 0 Å². The fourth-order valence-electron chi connectivity index (χ4n) is 1.90. The molecule has 0 aliphatic carbocycles. The fraction of sp³-hybridized carbons (Fsp3) is 0.133. The summed E-state index contributed by atoms with van der Waals surface area (Å²) in [6, 6.07) is 13.8. The molecule has 21 heavy (non-hydrogen) atoms. The smallest absolute Gasteiger partial charge is 0.255 e. The van der Waals surface area contributed by atoms with Crippen LogP contribution in [0.5, 0.6) is 0 Å². The topological polar surface area (TPSA) is 75.3 Å². The summed E-state index contributed by atoms with van der Waals surface area (Å²) in [5, 5.41) is 2.72. The Morgan fingerprint density at radius 1 is 0.952 bits per heavy atom. The monoisotopic (exact) mass is 304 g/mol. The Hall–Kier alpha value is -2.34. The molecule has 0 unspecified atom stereocenters. The number of amides is 1. The summed E-state index contributed by atoms with van der Waals surface area (Å²) in [7, 11) is -3.41. The predicted octanol–water partition coefficient (Wildman–Crippen LogP) is 2.62. The first-order chi connectivity index (χ1) is 9.87. The van der Waals surface area contributed by atoms with E-state index in [2.05, 4.69) is 10.0 Å². The van der Waals surface area contributed by atoms with Crippen molar-refractivity contribution in [3.63, 3.8) is 0 Å². The lowest BCUT2D eigenvalue weighted by Crippen LogP contribution is -2.16. The highest BCUT2D eigenvalue weighted by Crippen LogP contribution is 2.23. The van der Waals surface area contributed by atoms with E-state index in [1.165, 1.54) is 0 Å². The van der Waals surface area contributed by atoms with Crippen LogP contribution < -0.4 is 10.0 Å². The van der Waals surface area contributed by atoms with Gasteiger partial charge in [0.25, 0.3) is 5.91 Å². The molecular formula is C15H16N2O3S. The summed E-state index contributed by atoms with van der Waals surface area (Å²) in [4.78, 5) is 12.3. The summed E-state index contributed by atoms with van der Waals surface area (Å²) in [5.74, 6) is -0.282. The third-order valence-corrected chi connectivity index (χ3v) is 3.45. The first kappa shape index (κ1) is 15.1. The number of para-hydroxylation sites is 2. The Morgan fingerprint density at radius 3 is 2.14 bits per heavy atom. The molecule has 5 nitrogen and oxygen atoms in total. The molecule has 0 aromatic heterocycles. The van der Waals surface area contributed by atoms with Gasteiger partial charge in [0.15, 0.2) is 0 Å². The summed E-state index contributed by atoms with van der Waals surface area (Å²) in [5.41, 5.74) is 2.15. The van der Waals surface area contributed by atoms with Crippen molar-refractivity contribution < 1.29 is 13.2 Å². The minimum atomic E-state index is -3.41. The van der Waals surface area contributed by atoms with Crippen molar-refractivity contribution in [2.75, 3.05) is 16.3 Å². The normalized spacial score (nSPS) is 11.0. The standard InChI is InChI=1S/C15H16N2O3S/c1-11-7-3-4-8-12(11)15(18)16-13-9-5-6-10-14(13)17-21(2,19)20/h3-10,17H,1-2H3,(H,16,18). The number of carbonyl (C=O) groups excluding carboxylic acids is 1. The summed E-state index contributed by atoms with van der Waals surface area (Å²) in [6.07, 6.45) is 1.06. The maximum atomic E-state index is 12.3. The van der Waals surface area contributed by atoms with E-state index in [4.69, 9.17) is 0 Å². The van der Waals surface area contributed by atoms with Crippen LogP contribution in [0.2, 0.25) is 0 Å². The van der Waals surface area contributed by atoms with Crippen molar-refractivity contribution in [2.45, 2.75) is 6.92 Å². The number of sulfonamides is 1. The molecule has 2 aromatic rings. The Balaban J connectivity index is 2.28. The number of nitrogens with one attached hydrogen (secondary N) is 2. The molecule has 1 amide bonds. The van der Waals surface area contributed by atoms with Gasteiger partial charge in [-0.25, -0.2) is 8.42 Å². The average Bonchev–Trinajstić information content (AvgIpc) is 2.40. The van der Waals surface area contributed by atoms with Crippen LogP contribution in [0, 0.1) is 6.92 Å². The maximum absolute atomic E-state index is 12.3. The van der Waals surface area contributed by atoms with Gasteiger partial charge in [-0.2, -0.15) is 0 Å². The molecule has 0 spiro atoms. The van der Waals surface area contributed by atoms with Crippen LogP contribution in [0.3, 0.4) is 0 Å². The van der Waals surface area contributed by atoms with Gasteiger partial charge in [-0.1, -0.05) is 30.3 Å². The maximum Gasteiger partial charge on any atom is 0.255 e. The Labute approximate surface area is 124 Å². The Bertz CT molecular complexity index is 770. The summed E-state index contributed by atoms with van der Waals surface area (Å²) >= 11 is 0. The van der Waals surface area contributed by atoms with E-state index < -0.39 is 10.0 Å². The highest BCUT2D eigenvalue weighted by Gasteiger charge is 2.12. The van der Waals surface area contributed by atoms with E-state index in [1.54, 1.807) is 36.4 Å². The zero-order valence-electron chi connectivity index (χ0n) is 11.8. The lowest BCUT2D eigenvalue weighted by atomic mass is 10.1. The SMILES string of the molecule is Cc1ccccc1C(=O)Nc1ccccc1NS(C)(=O)=O. The van der Waals surface area contributed by atoms with E-state index in [0.717, 1.165) is 11.8 Å². The van der Waals surface area contributed by atoms with Crippen LogP contribution in [0.4, 0.5) is 11.4 Å². The van der Waals surface area contributed by atoms with Gasteiger partial charge in [-0.05, 0) is 30.7 Å². The zero-order chi connectivity index (χ0) is 15.5. The number of anilines is 2. The Kier molecular flexibility index (Phi) is 4.28. The number of aryl methyl sites for hydroxylation is 1.